The predicted octanol–water partition coefficient (Wildman–Crippen LogP) is 4.91. The summed E-state index contributed by atoms with van der Waals surface area (Å²) in [7, 11) is 3.14. The van der Waals surface area contributed by atoms with Crippen LogP contribution >= 0.6 is 23.6 Å². The Hall–Kier alpha value is -2.64. The average molecular weight is 401 g/mol. The third-order valence-corrected chi connectivity index (χ3v) is 5.34. The molecular formula is C20H20N2O3S2. The monoisotopic (exact) mass is 400 g/mol. The number of thiazole rings is 1. The van der Waals surface area contributed by atoms with Crippen molar-refractivity contribution in [3.63, 3.8) is 0 Å². The second kappa shape index (κ2) is 8.37. The number of aryl methyl sites for hydroxylation is 1. The lowest BCUT2D eigenvalue weighted by atomic mass is 10.1. The summed E-state index contributed by atoms with van der Waals surface area (Å²) in [4.78, 5) is 12.6. The van der Waals surface area contributed by atoms with E-state index in [0.717, 1.165) is 11.3 Å². The summed E-state index contributed by atoms with van der Waals surface area (Å²) in [6.07, 6.45) is 0. The number of carbonyl (C=O) groups is 1. The van der Waals surface area contributed by atoms with Crippen LogP contribution in [0, 0.1) is 10.9 Å². The number of rotatable bonds is 6. The highest BCUT2D eigenvalue weighted by atomic mass is 32.1. The molecule has 0 atom stereocenters. The number of anilines is 1. The molecule has 0 aliphatic carbocycles. The Morgan fingerprint density at radius 3 is 2.33 bits per heavy atom. The third-order valence-electron chi connectivity index (χ3n) is 4.07. The second-order valence-electron chi connectivity index (χ2n) is 5.99. The van der Waals surface area contributed by atoms with Gasteiger partial charge in [-0.05, 0) is 24.7 Å². The molecule has 140 valence electrons. The van der Waals surface area contributed by atoms with Crippen LogP contribution in [0.2, 0.25) is 0 Å². The van der Waals surface area contributed by atoms with Crippen LogP contribution in [0.5, 0.6) is 11.5 Å². The Balaban J connectivity index is 1.82. The van der Waals surface area contributed by atoms with Gasteiger partial charge in [0.2, 0.25) is 5.91 Å². The van der Waals surface area contributed by atoms with Gasteiger partial charge in [-0.25, -0.2) is 0 Å². The van der Waals surface area contributed by atoms with Gasteiger partial charge in [-0.3, -0.25) is 4.79 Å². The summed E-state index contributed by atoms with van der Waals surface area (Å²) < 4.78 is 13.0. The molecule has 0 aliphatic heterocycles. The number of nitrogens with one attached hydrogen (secondary N) is 1. The van der Waals surface area contributed by atoms with Crippen LogP contribution in [-0.4, -0.2) is 24.7 Å². The summed E-state index contributed by atoms with van der Waals surface area (Å²) in [6, 6.07) is 13.4. The molecule has 0 spiro atoms. The zero-order chi connectivity index (χ0) is 19.4. The maximum atomic E-state index is 12.6. The molecule has 1 amide bonds. The van der Waals surface area contributed by atoms with E-state index in [1.54, 1.807) is 32.4 Å². The maximum absolute atomic E-state index is 12.6. The van der Waals surface area contributed by atoms with Gasteiger partial charge in [0.15, 0.2) is 3.95 Å². The van der Waals surface area contributed by atoms with Crippen LogP contribution in [0.25, 0.3) is 11.3 Å². The zero-order valence-corrected chi connectivity index (χ0v) is 16.9. The number of amides is 1. The van der Waals surface area contributed by atoms with Gasteiger partial charge in [-0.15, -0.1) is 11.3 Å². The van der Waals surface area contributed by atoms with Crippen LogP contribution in [0.15, 0.2) is 47.8 Å². The molecule has 3 rings (SSSR count). The van der Waals surface area contributed by atoms with Crippen molar-refractivity contribution in [2.75, 3.05) is 19.5 Å². The van der Waals surface area contributed by atoms with Crippen LogP contribution in [0.1, 0.15) is 5.56 Å². The smallest absolute Gasteiger partial charge is 0.244 e. The van der Waals surface area contributed by atoms with Crippen molar-refractivity contribution in [2.45, 2.75) is 13.5 Å². The highest BCUT2D eigenvalue weighted by Crippen LogP contribution is 2.27. The first kappa shape index (κ1) is 19.1. The van der Waals surface area contributed by atoms with E-state index in [4.69, 9.17) is 21.7 Å². The van der Waals surface area contributed by atoms with Gasteiger partial charge in [0.25, 0.3) is 0 Å². The molecule has 0 saturated carbocycles. The van der Waals surface area contributed by atoms with Crippen molar-refractivity contribution in [2.24, 2.45) is 0 Å². The molecule has 1 heterocycles. The first-order valence-corrected chi connectivity index (χ1v) is 9.57. The topological polar surface area (TPSA) is 52.5 Å². The fraction of sp³-hybridized carbons (Fsp3) is 0.200. The van der Waals surface area contributed by atoms with Crippen molar-refractivity contribution in [3.8, 4) is 22.8 Å². The highest BCUT2D eigenvalue weighted by Gasteiger charge is 2.12. The molecule has 0 fully saturated rings. The Morgan fingerprint density at radius 1 is 1.11 bits per heavy atom. The predicted molar refractivity (Wildman–Crippen MR) is 111 cm³/mol. The molecule has 0 radical (unpaired) electrons. The van der Waals surface area contributed by atoms with E-state index in [1.165, 1.54) is 16.9 Å². The lowest BCUT2D eigenvalue weighted by Crippen LogP contribution is -2.19. The van der Waals surface area contributed by atoms with E-state index in [-0.39, 0.29) is 12.5 Å². The maximum Gasteiger partial charge on any atom is 0.244 e. The van der Waals surface area contributed by atoms with E-state index in [1.807, 2.05) is 41.1 Å². The SMILES string of the molecule is COc1cc(NC(=O)Cn2c(-c3ccc(C)cc3)csc2=S)cc(OC)c1. The Morgan fingerprint density at radius 2 is 1.74 bits per heavy atom. The number of hydrogen-bond donors (Lipinski definition) is 1. The van der Waals surface area contributed by atoms with Gasteiger partial charge >= 0.3 is 0 Å². The summed E-state index contributed by atoms with van der Waals surface area (Å²) in [5, 5.41) is 4.86. The molecule has 7 heteroatoms. The fourth-order valence-electron chi connectivity index (χ4n) is 2.65. The largest absolute Gasteiger partial charge is 0.497 e. The number of nitrogens with zero attached hydrogens (tertiary/aromatic N) is 1. The number of carbonyl (C=O) groups excluding carboxylic acids is 1. The Kier molecular flexibility index (Phi) is 5.93. The molecule has 0 bridgehead atoms. The molecule has 5 nitrogen and oxygen atoms in total. The van der Waals surface area contributed by atoms with Gasteiger partial charge in [0.05, 0.1) is 19.9 Å². The molecule has 0 aliphatic rings. The van der Waals surface area contributed by atoms with E-state index < -0.39 is 0 Å². The van der Waals surface area contributed by atoms with Crippen molar-refractivity contribution in [3.05, 3.63) is 57.4 Å². The molecule has 1 N–H and O–H groups in total. The van der Waals surface area contributed by atoms with E-state index >= 15 is 0 Å². The third kappa shape index (κ3) is 4.56. The summed E-state index contributed by atoms with van der Waals surface area (Å²) in [5.41, 5.74) is 3.76. The van der Waals surface area contributed by atoms with E-state index in [0.29, 0.717) is 21.1 Å². The number of methoxy groups -OCH3 is 2. The minimum atomic E-state index is -0.173. The standard InChI is InChI=1S/C20H20N2O3S2/c1-13-4-6-14(7-5-13)18-12-27-20(26)22(18)11-19(23)21-15-8-16(24-2)10-17(9-15)25-3/h4-10,12H,11H2,1-3H3,(H,21,23). The van der Waals surface area contributed by atoms with Crippen molar-refractivity contribution in [1.29, 1.82) is 0 Å². The van der Waals surface area contributed by atoms with Crippen molar-refractivity contribution >= 4 is 35.1 Å². The highest BCUT2D eigenvalue weighted by molar-refractivity contribution is 7.73. The van der Waals surface area contributed by atoms with Gasteiger partial charge in [-0.1, -0.05) is 29.8 Å². The number of ether oxygens (including phenoxy) is 2. The number of benzene rings is 2. The summed E-state index contributed by atoms with van der Waals surface area (Å²) >= 11 is 6.87. The summed E-state index contributed by atoms with van der Waals surface area (Å²) in [6.45, 7) is 2.17. The van der Waals surface area contributed by atoms with Crippen molar-refractivity contribution < 1.29 is 14.3 Å². The second-order valence-corrected chi connectivity index (χ2v) is 7.49. The zero-order valence-electron chi connectivity index (χ0n) is 15.3. The lowest BCUT2D eigenvalue weighted by Gasteiger charge is -2.12. The normalized spacial score (nSPS) is 10.5. The van der Waals surface area contributed by atoms with Gasteiger partial charge in [0.1, 0.15) is 18.0 Å². The molecule has 27 heavy (non-hydrogen) atoms. The molecule has 2 aromatic carbocycles. The van der Waals surface area contributed by atoms with E-state index in [2.05, 4.69) is 5.32 Å². The molecule has 3 aromatic rings. The van der Waals surface area contributed by atoms with Gasteiger partial charge < -0.3 is 19.4 Å². The summed E-state index contributed by atoms with van der Waals surface area (Å²) in [5.74, 6) is 1.04. The average Bonchev–Trinajstić information content (AvgIpc) is 3.02. The van der Waals surface area contributed by atoms with Crippen LogP contribution < -0.4 is 14.8 Å². The lowest BCUT2D eigenvalue weighted by molar-refractivity contribution is -0.116. The number of hydrogen-bond acceptors (Lipinski definition) is 5. The van der Waals surface area contributed by atoms with Gasteiger partial charge in [-0.2, -0.15) is 0 Å². The molecule has 1 aromatic heterocycles. The Labute approximate surface area is 167 Å². The molecule has 0 saturated heterocycles. The quantitative estimate of drug-likeness (QED) is 0.597. The Bertz CT molecular complexity index is 985. The fourth-order valence-corrected chi connectivity index (χ4v) is 3.73. The first-order chi connectivity index (χ1) is 13.0. The van der Waals surface area contributed by atoms with Gasteiger partial charge in [0, 0.05) is 29.3 Å². The van der Waals surface area contributed by atoms with Crippen LogP contribution in [-0.2, 0) is 11.3 Å². The molecule has 0 unspecified atom stereocenters. The number of aromatic nitrogens is 1. The minimum absolute atomic E-state index is 0.130. The minimum Gasteiger partial charge on any atom is -0.497 e. The molecular weight excluding hydrogens is 380 g/mol. The van der Waals surface area contributed by atoms with Crippen molar-refractivity contribution in [1.82, 2.24) is 4.57 Å². The van der Waals surface area contributed by atoms with E-state index in [9.17, 15) is 4.79 Å². The first-order valence-electron chi connectivity index (χ1n) is 8.28. The van der Waals surface area contributed by atoms with Crippen LogP contribution in [0.3, 0.4) is 0 Å². The van der Waals surface area contributed by atoms with Crippen LogP contribution in [0.4, 0.5) is 5.69 Å².